The van der Waals surface area contributed by atoms with Gasteiger partial charge in [-0.2, -0.15) is 0 Å². The van der Waals surface area contributed by atoms with Crippen LogP contribution in [0.25, 0.3) is 0 Å². The first kappa shape index (κ1) is 21.1. The Labute approximate surface area is 146 Å². The molecule has 0 unspecified atom stereocenters. The fraction of sp³-hybridized carbons (Fsp3) is 0.842. The zero-order valence-corrected chi connectivity index (χ0v) is 16.4. The van der Waals surface area contributed by atoms with Gasteiger partial charge >= 0.3 is 5.97 Å². The third kappa shape index (κ3) is 5.30. The Bertz CT molecular complexity index is 438. The first-order chi connectivity index (χ1) is 10.9. The molecule has 0 radical (unpaired) electrons. The van der Waals surface area contributed by atoms with Crippen molar-refractivity contribution in [2.45, 2.75) is 72.6 Å². The minimum Gasteiger partial charge on any atom is -0.465 e. The van der Waals surface area contributed by atoms with Gasteiger partial charge in [-0.25, -0.2) is 0 Å². The van der Waals surface area contributed by atoms with Crippen LogP contribution >= 0.6 is 0 Å². The highest BCUT2D eigenvalue weighted by atomic mass is 16.7. The molecule has 0 bridgehead atoms. The second kappa shape index (κ2) is 7.98. The monoisotopic (exact) mass is 342 g/mol. The molecule has 1 aliphatic heterocycles. The second-order valence-corrected chi connectivity index (χ2v) is 8.19. The fourth-order valence-electron chi connectivity index (χ4n) is 2.97. The molecule has 24 heavy (non-hydrogen) atoms. The Hall–Kier alpha value is -0.910. The number of hydrogen-bond donors (Lipinski definition) is 0. The van der Waals surface area contributed by atoms with Crippen LogP contribution in [-0.4, -0.2) is 43.8 Å². The smallest absolute Gasteiger partial charge is 0.311 e. The molecule has 140 valence electrons. The average Bonchev–Trinajstić information content (AvgIpc) is 2.47. The van der Waals surface area contributed by atoms with Crippen molar-refractivity contribution in [3.63, 3.8) is 0 Å². The molecule has 0 aromatic heterocycles. The summed E-state index contributed by atoms with van der Waals surface area (Å²) in [5.74, 6) is -0.821. The SMILES string of the molecule is C=C[C@@H](OC)[C@H]1OC(C)(C)O[C@H]([C@H](C)COC(=O)C(C)(C)C)[C@@H]1C. The minimum absolute atomic E-state index is 0.0410. The number of carbonyl (C=O) groups is 1. The zero-order chi connectivity index (χ0) is 18.7. The Morgan fingerprint density at radius 3 is 2.29 bits per heavy atom. The first-order valence-electron chi connectivity index (χ1n) is 8.61. The van der Waals surface area contributed by atoms with E-state index in [0.29, 0.717) is 6.61 Å². The summed E-state index contributed by atoms with van der Waals surface area (Å²) in [5, 5.41) is 0. The average molecular weight is 342 g/mol. The first-order valence-corrected chi connectivity index (χ1v) is 8.61. The summed E-state index contributed by atoms with van der Waals surface area (Å²) in [5.41, 5.74) is -0.506. The number of methoxy groups -OCH3 is 1. The summed E-state index contributed by atoms with van der Waals surface area (Å²) in [6.07, 6.45) is 1.27. The van der Waals surface area contributed by atoms with E-state index >= 15 is 0 Å². The van der Waals surface area contributed by atoms with E-state index in [1.54, 1.807) is 13.2 Å². The molecule has 5 heteroatoms. The van der Waals surface area contributed by atoms with Crippen molar-refractivity contribution in [3.05, 3.63) is 12.7 Å². The van der Waals surface area contributed by atoms with Crippen LogP contribution in [-0.2, 0) is 23.7 Å². The Kier molecular flexibility index (Phi) is 7.03. The normalized spacial score (nSPS) is 29.6. The Morgan fingerprint density at radius 2 is 1.83 bits per heavy atom. The maximum absolute atomic E-state index is 12.0. The van der Waals surface area contributed by atoms with Gasteiger partial charge in [-0.15, -0.1) is 6.58 Å². The fourth-order valence-corrected chi connectivity index (χ4v) is 2.97. The lowest BCUT2D eigenvalue weighted by atomic mass is 9.85. The quantitative estimate of drug-likeness (QED) is 0.545. The molecule has 1 rings (SSSR count). The predicted octanol–water partition coefficient (Wildman–Crippen LogP) is 3.57. The molecule has 1 aliphatic rings. The second-order valence-electron chi connectivity index (χ2n) is 8.19. The maximum Gasteiger partial charge on any atom is 0.311 e. The van der Waals surface area contributed by atoms with Crippen molar-refractivity contribution in [2.24, 2.45) is 17.3 Å². The van der Waals surface area contributed by atoms with Crippen molar-refractivity contribution < 1.29 is 23.7 Å². The number of esters is 1. The third-order valence-electron chi connectivity index (χ3n) is 4.36. The lowest BCUT2D eigenvalue weighted by molar-refractivity contribution is -0.338. The summed E-state index contributed by atoms with van der Waals surface area (Å²) >= 11 is 0. The zero-order valence-electron chi connectivity index (χ0n) is 16.4. The van der Waals surface area contributed by atoms with Crippen LogP contribution in [0.5, 0.6) is 0 Å². The van der Waals surface area contributed by atoms with Crippen LogP contribution in [0.2, 0.25) is 0 Å². The van der Waals surface area contributed by atoms with Crippen LogP contribution in [0.4, 0.5) is 0 Å². The van der Waals surface area contributed by atoms with Crippen LogP contribution < -0.4 is 0 Å². The van der Waals surface area contributed by atoms with Gasteiger partial charge in [0.15, 0.2) is 5.79 Å². The number of hydrogen-bond acceptors (Lipinski definition) is 5. The molecular weight excluding hydrogens is 308 g/mol. The van der Waals surface area contributed by atoms with E-state index in [1.165, 1.54) is 0 Å². The number of carbonyl (C=O) groups excluding carboxylic acids is 1. The molecule has 0 amide bonds. The molecule has 1 saturated heterocycles. The van der Waals surface area contributed by atoms with Crippen molar-refractivity contribution in [3.8, 4) is 0 Å². The molecule has 5 nitrogen and oxygen atoms in total. The molecular formula is C19H34O5. The summed E-state index contributed by atoms with van der Waals surface area (Å²) in [6, 6.07) is 0. The maximum atomic E-state index is 12.0. The standard InChI is InChI=1S/C19H34O5/c1-10-14(21-9)16-13(3)15(23-19(7,8)24-16)12(2)11-22-17(20)18(4,5)6/h10,12-16H,1,11H2,2-9H3/t12-,13+,14-,15-,16+/m1/s1. The van der Waals surface area contributed by atoms with Gasteiger partial charge in [-0.1, -0.05) is 19.9 Å². The van der Waals surface area contributed by atoms with E-state index in [-0.39, 0.29) is 36.1 Å². The summed E-state index contributed by atoms with van der Waals surface area (Å²) in [4.78, 5) is 12.0. The van der Waals surface area contributed by atoms with Gasteiger partial charge in [0.2, 0.25) is 0 Å². The Balaban J connectivity index is 2.83. The highest BCUT2D eigenvalue weighted by Gasteiger charge is 2.45. The molecule has 0 N–H and O–H groups in total. The number of rotatable bonds is 6. The summed E-state index contributed by atoms with van der Waals surface area (Å²) in [6.45, 7) is 17.6. The number of ether oxygens (including phenoxy) is 4. The van der Waals surface area contributed by atoms with Crippen molar-refractivity contribution in [1.29, 1.82) is 0 Å². The van der Waals surface area contributed by atoms with E-state index < -0.39 is 11.2 Å². The van der Waals surface area contributed by atoms with Gasteiger partial charge in [-0.05, 0) is 34.6 Å². The molecule has 0 saturated carbocycles. The topological polar surface area (TPSA) is 54.0 Å². The highest BCUT2D eigenvalue weighted by molar-refractivity contribution is 5.75. The molecule has 1 heterocycles. The van der Waals surface area contributed by atoms with Crippen molar-refractivity contribution >= 4 is 5.97 Å². The third-order valence-corrected chi connectivity index (χ3v) is 4.36. The van der Waals surface area contributed by atoms with Gasteiger partial charge < -0.3 is 18.9 Å². The van der Waals surface area contributed by atoms with Crippen LogP contribution in [0.15, 0.2) is 12.7 Å². The predicted molar refractivity (Wildman–Crippen MR) is 93.6 cm³/mol. The van der Waals surface area contributed by atoms with E-state index in [0.717, 1.165) is 0 Å². The molecule has 1 fully saturated rings. The molecule has 0 aliphatic carbocycles. The van der Waals surface area contributed by atoms with Gasteiger partial charge in [-0.3, -0.25) is 4.79 Å². The van der Waals surface area contributed by atoms with Gasteiger partial charge in [0.25, 0.3) is 0 Å². The van der Waals surface area contributed by atoms with Crippen LogP contribution in [0, 0.1) is 17.3 Å². The Morgan fingerprint density at radius 1 is 1.29 bits per heavy atom. The molecule has 5 atom stereocenters. The minimum atomic E-state index is -0.732. The van der Waals surface area contributed by atoms with E-state index in [2.05, 4.69) is 13.5 Å². The van der Waals surface area contributed by atoms with Gasteiger partial charge in [0.1, 0.15) is 6.10 Å². The van der Waals surface area contributed by atoms with E-state index in [1.807, 2.05) is 41.5 Å². The molecule has 0 spiro atoms. The molecule has 0 aromatic rings. The highest BCUT2D eigenvalue weighted by Crippen LogP contribution is 2.37. The van der Waals surface area contributed by atoms with E-state index in [9.17, 15) is 4.79 Å². The van der Waals surface area contributed by atoms with Gasteiger partial charge in [0.05, 0.1) is 24.2 Å². The largest absolute Gasteiger partial charge is 0.465 e. The van der Waals surface area contributed by atoms with E-state index in [4.69, 9.17) is 18.9 Å². The van der Waals surface area contributed by atoms with Gasteiger partial charge in [0, 0.05) is 18.9 Å². The van der Waals surface area contributed by atoms with Crippen molar-refractivity contribution in [1.82, 2.24) is 0 Å². The van der Waals surface area contributed by atoms with Crippen LogP contribution in [0.3, 0.4) is 0 Å². The molecule has 0 aromatic carbocycles. The lowest BCUT2D eigenvalue weighted by Gasteiger charge is -2.48. The summed E-state index contributed by atoms with van der Waals surface area (Å²) in [7, 11) is 1.65. The lowest BCUT2D eigenvalue weighted by Crippen LogP contribution is -2.56. The summed E-state index contributed by atoms with van der Waals surface area (Å²) < 4.78 is 23.2. The van der Waals surface area contributed by atoms with Crippen molar-refractivity contribution in [2.75, 3.05) is 13.7 Å². The van der Waals surface area contributed by atoms with Crippen LogP contribution in [0.1, 0.15) is 48.5 Å².